The van der Waals surface area contributed by atoms with E-state index in [4.69, 9.17) is 4.74 Å². The largest absolute Gasteiger partial charge is 0.481 e. The molecule has 1 aromatic heterocycles. The molecule has 156 valence electrons. The summed E-state index contributed by atoms with van der Waals surface area (Å²) in [7, 11) is -3.85. The summed E-state index contributed by atoms with van der Waals surface area (Å²) < 4.78 is 33.0. The first kappa shape index (κ1) is 21.3. The number of nitrogens with zero attached hydrogens (tertiary/aromatic N) is 2. The number of rotatable bonds is 7. The number of aromatic nitrogens is 2. The minimum absolute atomic E-state index is 0.00504. The summed E-state index contributed by atoms with van der Waals surface area (Å²) in [6.45, 7) is 5.28. The van der Waals surface area contributed by atoms with Crippen molar-refractivity contribution in [3.63, 3.8) is 0 Å². The van der Waals surface area contributed by atoms with E-state index in [0.29, 0.717) is 17.1 Å². The average Bonchev–Trinajstić information content (AvgIpc) is 2.70. The van der Waals surface area contributed by atoms with Crippen molar-refractivity contribution >= 4 is 27.6 Å². The van der Waals surface area contributed by atoms with Crippen LogP contribution in [0.5, 0.6) is 5.75 Å². The van der Waals surface area contributed by atoms with Gasteiger partial charge in [0.1, 0.15) is 5.75 Å². The lowest BCUT2D eigenvalue weighted by atomic mass is 10.2. The highest BCUT2D eigenvalue weighted by Gasteiger charge is 2.18. The Morgan fingerprint density at radius 3 is 2.40 bits per heavy atom. The van der Waals surface area contributed by atoms with E-state index in [0.717, 1.165) is 5.56 Å². The lowest BCUT2D eigenvalue weighted by Gasteiger charge is -2.16. The molecule has 0 saturated carbocycles. The summed E-state index contributed by atoms with van der Waals surface area (Å²) in [5.74, 6) is 0.278. The average molecular weight is 426 g/mol. The van der Waals surface area contributed by atoms with Crippen LogP contribution in [0.1, 0.15) is 18.2 Å². The Balaban J connectivity index is 1.65. The fourth-order valence-electron chi connectivity index (χ4n) is 2.57. The first-order valence-electron chi connectivity index (χ1n) is 9.20. The molecule has 3 rings (SSSR count). The third kappa shape index (κ3) is 5.32. The highest BCUT2D eigenvalue weighted by Crippen LogP contribution is 2.20. The predicted molar refractivity (Wildman–Crippen MR) is 114 cm³/mol. The molecular weight excluding hydrogens is 404 g/mol. The van der Waals surface area contributed by atoms with Crippen molar-refractivity contribution < 1.29 is 17.9 Å². The van der Waals surface area contributed by atoms with E-state index in [2.05, 4.69) is 20.0 Å². The van der Waals surface area contributed by atoms with E-state index < -0.39 is 16.1 Å². The minimum atomic E-state index is -3.85. The predicted octanol–water partition coefficient (Wildman–Crippen LogP) is 3.30. The van der Waals surface area contributed by atoms with Crippen LogP contribution >= 0.6 is 0 Å². The Hall–Kier alpha value is -3.46. The van der Waals surface area contributed by atoms with Gasteiger partial charge >= 0.3 is 0 Å². The third-order valence-corrected chi connectivity index (χ3v) is 5.56. The normalized spacial score (nSPS) is 12.1. The zero-order valence-electron chi connectivity index (χ0n) is 16.8. The molecule has 1 amide bonds. The maximum absolute atomic E-state index is 12.5. The molecule has 0 aliphatic carbocycles. The van der Waals surface area contributed by atoms with Crippen LogP contribution in [0.3, 0.4) is 0 Å². The maximum Gasteiger partial charge on any atom is 0.265 e. The number of carbonyl (C=O) groups excluding carboxylic acids is 1. The molecule has 1 atom stereocenters. The molecule has 0 spiro atoms. The Kier molecular flexibility index (Phi) is 6.31. The number of amides is 1. The van der Waals surface area contributed by atoms with Crippen molar-refractivity contribution in [3.05, 3.63) is 72.1 Å². The number of nitrogens with one attached hydrogen (secondary N) is 2. The molecular formula is C21H22N4O4S. The van der Waals surface area contributed by atoms with Gasteiger partial charge in [0, 0.05) is 17.6 Å². The molecule has 0 fully saturated rings. The lowest BCUT2D eigenvalue weighted by Crippen LogP contribution is -2.30. The van der Waals surface area contributed by atoms with Gasteiger partial charge in [-0.05, 0) is 62.7 Å². The molecule has 1 heterocycles. The number of hydrogen-bond donors (Lipinski definition) is 2. The fourth-order valence-corrected chi connectivity index (χ4v) is 3.52. The number of aryl methyl sites for hydroxylation is 2. The van der Waals surface area contributed by atoms with Crippen LogP contribution in [0.2, 0.25) is 0 Å². The van der Waals surface area contributed by atoms with Crippen molar-refractivity contribution in [1.29, 1.82) is 0 Å². The van der Waals surface area contributed by atoms with Gasteiger partial charge in [0.2, 0.25) is 5.95 Å². The quantitative estimate of drug-likeness (QED) is 0.600. The second kappa shape index (κ2) is 8.91. The molecule has 30 heavy (non-hydrogen) atoms. The van der Waals surface area contributed by atoms with Crippen LogP contribution in [-0.2, 0) is 14.8 Å². The number of anilines is 2. The number of benzene rings is 2. The third-order valence-electron chi connectivity index (χ3n) is 4.22. The molecule has 2 aromatic carbocycles. The Morgan fingerprint density at radius 1 is 1.03 bits per heavy atom. The van der Waals surface area contributed by atoms with E-state index in [-0.39, 0.29) is 16.8 Å². The van der Waals surface area contributed by atoms with Gasteiger partial charge in [-0.1, -0.05) is 18.2 Å². The van der Waals surface area contributed by atoms with Crippen LogP contribution in [0.15, 0.2) is 65.7 Å². The fraction of sp³-hybridized carbons (Fsp3) is 0.190. The standard InChI is InChI=1S/C21H22N4O4S/c1-14-6-4-5-7-19(14)29-16(3)20(26)24-17-8-10-18(11-9-17)30(27,28)25-21-22-13-12-15(2)23-21/h4-13,16H,1-3H3,(H,24,26)(H,22,23,25)/t16-/m1/s1. The number of carbonyl (C=O) groups is 1. The van der Waals surface area contributed by atoms with Gasteiger partial charge in [0.05, 0.1) is 4.90 Å². The molecule has 0 radical (unpaired) electrons. The van der Waals surface area contributed by atoms with Crippen molar-refractivity contribution in [1.82, 2.24) is 9.97 Å². The van der Waals surface area contributed by atoms with Crippen molar-refractivity contribution in [3.8, 4) is 5.75 Å². The Bertz CT molecular complexity index is 1150. The minimum Gasteiger partial charge on any atom is -0.481 e. The van der Waals surface area contributed by atoms with E-state index in [1.807, 2.05) is 25.1 Å². The first-order chi connectivity index (χ1) is 14.2. The van der Waals surface area contributed by atoms with Gasteiger partial charge in [-0.3, -0.25) is 4.79 Å². The van der Waals surface area contributed by atoms with Gasteiger partial charge in [-0.25, -0.2) is 23.1 Å². The summed E-state index contributed by atoms with van der Waals surface area (Å²) >= 11 is 0. The van der Waals surface area contributed by atoms with Gasteiger partial charge in [0.15, 0.2) is 6.10 Å². The van der Waals surface area contributed by atoms with E-state index in [1.54, 1.807) is 26.0 Å². The molecule has 0 bridgehead atoms. The number of para-hydroxylation sites is 1. The van der Waals surface area contributed by atoms with Crippen LogP contribution in [0, 0.1) is 13.8 Å². The highest BCUT2D eigenvalue weighted by molar-refractivity contribution is 7.92. The summed E-state index contributed by atoms with van der Waals surface area (Å²) in [4.78, 5) is 20.3. The summed E-state index contributed by atoms with van der Waals surface area (Å²) in [6, 6.07) is 14.9. The topological polar surface area (TPSA) is 110 Å². The number of hydrogen-bond acceptors (Lipinski definition) is 6. The van der Waals surface area contributed by atoms with Crippen molar-refractivity contribution in [2.45, 2.75) is 31.8 Å². The van der Waals surface area contributed by atoms with Gasteiger partial charge in [-0.2, -0.15) is 0 Å². The van der Waals surface area contributed by atoms with Crippen LogP contribution in [0.25, 0.3) is 0 Å². The zero-order chi connectivity index (χ0) is 21.7. The molecule has 0 saturated heterocycles. The van der Waals surface area contributed by atoms with Crippen molar-refractivity contribution in [2.75, 3.05) is 10.0 Å². The van der Waals surface area contributed by atoms with E-state index in [9.17, 15) is 13.2 Å². The van der Waals surface area contributed by atoms with Crippen LogP contribution in [0.4, 0.5) is 11.6 Å². The molecule has 2 N–H and O–H groups in total. The number of sulfonamides is 1. The smallest absolute Gasteiger partial charge is 0.265 e. The van der Waals surface area contributed by atoms with Crippen molar-refractivity contribution in [2.24, 2.45) is 0 Å². The molecule has 0 aliphatic rings. The second-order valence-corrected chi connectivity index (χ2v) is 8.35. The zero-order valence-corrected chi connectivity index (χ0v) is 17.6. The lowest BCUT2D eigenvalue weighted by molar-refractivity contribution is -0.122. The van der Waals surface area contributed by atoms with E-state index in [1.165, 1.54) is 30.5 Å². The Labute approximate surface area is 175 Å². The summed E-state index contributed by atoms with van der Waals surface area (Å²) in [5, 5.41) is 2.71. The van der Waals surface area contributed by atoms with Crippen LogP contribution in [-0.4, -0.2) is 30.4 Å². The highest BCUT2D eigenvalue weighted by atomic mass is 32.2. The van der Waals surface area contributed by atoms with Crippen LogP contribution < -0.4 is 14.8 Å². The molecule has 8 nitrogen and oxygen atoms in total. The van der Waals surface area contributed by atoms with Gasteiger partial charge < -0.3 is 10.1 Å². The Morgan fingerprint density at radius 2 is 1.73 bits per heavy atom. The SMILES string of the molecule is Cc1ccnc(NS(=O)(=O)c2ccc(NC(=O)[C@@H](C)Oc3ccccc3C)cc2)n1. The number of ether oxygens (including phenoxy) is 1. The second-order valence-electron chi connectivity index (χ2n) is 6.67. The van der Waals surface area contributed by atoms with Gasteiger partial charge in [-0.15, -0.1) is 0 Å². The maximum atomic E-state index is 12.5. The molecule has 0 aliphatic heterocycles. The summed E-state index contributed by atoms with van der Waals surface area (Å²) in [6.07, 6.45) is 0.744. The van der Waals surface area contributed by atoms with Gasteiger partial charge in [0.25, 0.3) is 15.9 Å². The first-order valence-corrected chi connectivity index (χ1v) is 10.7. The van der Waals surface area contributed by atoms with E-state index >= 15 is 0 Å². The molecule has 9 heteroatoms. The summed E-state index contributed by atoms with van der Waals surface area (Å²) in [5.41, 5.74) is 2.02. The monoisotopic (exact) mass is 426 g/mol. The molecule has 3 aromatic rings. The molecule has 0 unspecified atom stereocenters.